The molecule has 0 bridgehead atoms. The third kappa shape index (κ3) is 2.87. The van der Waals surface area contributed by atoms with Crippen LogP contribution in [-0.2, 0) is 11.2 Å². The highest BCUT2D eigenvalue weighted by Gasteiger charge is 2.13. The van der Waals surface area contributed by atoms with E-state index in [1.54, 1.807) is 13.1 Å². The summed E-state index contributed by atoms with van der Waals surface area (Å²) in [4.78, 5) is 15.0. The number of carbonyl (C=O) groups is 1. The van der Waals surface area contributed by atoms with Gasteiger partial charge in [-0.25, -0.2) is 9.78 Å². The zero-order valence-electron chi connectivity index (χ0n) is 8.58. The van der Waals surface area contributed by atoms with E-state index in [0.29, 0.717) is 6.61 Å². The second-order valence-corrected chi connectivity index (χ2v) is 2.96. The van der Waals surface area contributed by atoms with Gasteiger partial charge in [0.25, 0.3) is 0 Å². The summed E-state index contributed by atoms with van der Waals surface area (Å²) in [5.74, 6) is 0.308. The fraction of sp³-hybridized carbons (Fsp3) is 0.600. The fourth-order valence-electron chi connectivity index (χ4n) is 1.06. The number of hydrogen-bond acceptors (Lipinski definition) is 4. The van der Waals surface area contributed by atoms with Crippen molar-refractivity contribution in [1.82, 2.24) is 4.98 Å². The molecule has 0 saturated carbocycles. The second-order valence-electron chi connectivity index (χ2n) is 2.96. The quantitative estimate of drug-likeness (QED) is 0.679. The van der Waals surface area contributed by atoms with Crippen LogP contribution in [0.15, 0.2) is 10.6 Å². The zero-order chi connectivity index (χ0) is 10.4. The molecule has 0 saturated heterocycles. The van der Waals surface area contributed by atoms with Gasteiger partial charge in [0.1, 0.15) is 5.76 Å². The van der Waals surface area contributed by atoms with Crippen LogP contribution < -0.4 is 0 Å². The lowest BCUT2D eigenvalue weighted by molar-refractivity contribution is 0.0479. The van der Waals surface area contributed by atoms with Crippen LogP contribution in [0.1, 0.15) is 43.1 Å². The van der Waals surface area contributed by atoms with Crippen LogP contribution in [0, 0.1) is 0 Å². The lowest BCUT2D eigenvalue weighted by Gasteiger charge is -1.95. The Morgan fingerprint density at radius 3 is 3.00 bits per heavy atom. The third-order valence-electron chi connectivity index (χ3n) is 1.78. The fourth-order valence-corrected chi connectivity index (χ4v) is 1.06. The van der Waals surface area contributed by atoms with Gasteiger partial charge in [-0.15, -0.1) is 0 Å². The van der Waals surface area contributed by atoms with E-state index in [4.69, 9.17) is 9.15 Å². The summed E-state index contributed by atoms with van der Waals surface area (Å²) in [5.41, 5.74) is 0. The van der Waals surface area contributed by atoms with Gasteiger partial charge < -0.3 is 9.15 Å². The number of hydrogen-bond donors (Lipinski definition) is 0. The van der Waals surface area contributed by atoms with Gasteiger partial charge in [0, 0.05) is 6.42 Å². The van der Waals surface area contributed by atoms with Gasteiger partial charge in [-0.05, 0) is 13.3 Å². The van der Waals surface area contributed by atoms with Crippen molar-refractivity contribution in [3.8, 4) is 0 Å². The van der Waals surface area contributed by atoms with Crippen LogP contribution in [0.2, 0.25) is 0 Å². The monoisotopic (exact) mass is 197 g/mol. The van der Waals surface area contributed by atoms with E-state index in [0.717, 1.165) is 25.0 Å². The maximum Gasteiger partial charge on any atom is 0.394 e. The number of aryl methyl sites for hydroxylation is 1. The van der Waals surface area contributed by atoms with E-state index in [9.17, 15) is 4.79 Å². The first-order chi connectivity index (χ1) is 6.77. The molecule has 0 spiro atoms. The van der Waals surface area contributed by atoms with Crippen LogP contribution in [0.5, 0.6) is 0 Å². The minimum Gasteiger partial charge on any atom is -0.459 e. The van der Waals surface area contributed by atoms with Gasteiger partial charge in [-0.3, -0.25) is 0 Å². The highest BCUT2D eigenvalue weighted by atomic mass is 16.5. The number of carbonyl (C=O) groups excluding carboxylic acids is 1. The Bertz CT molecular complexity index is 293. The number of aromatic nitrogens is 1. The lowest BCUT2D eigenvalue weighted by atomic mass is 10.2. The molecule has 1 aromatic rings. The largest absolute Gasteiger partial charge is 0.459 e. The highest BCUT2D eigenvalue weighted by Crippen LogP contribution is 2.08. The molecule has 1 aromatic heterocycles. The van der Waals surface area contributed by atoms with Gasteiger partial charge in [0.15, 0.2) is 0 Å². The molecule has 0 aliphatic carbocycles. The molecule has 1 rings (SSSR count). The summed E-state index contributed by atoms with van der Waals surface area (Å²) in [5, 5.41) is 0. The molecule has 78 valence electrons. The third-order valence-corrected chi connectivity index (χ3v) is 1.78. The first-order valence-electron chi connectivity index (χ1n) is 4.89. The first-order valence-corrected chi connectivity index (χ1v) is 4.89. The topological polar surface area (TPSA) is 52.3 Å². The Kier molecular flexibility index (Phi) is 4.16. The van der Waals surface area contributed by atoms with Crippen LogP contribution in [0.4, 0.5) is 0 Å². The molecule has 0 aliphatic rings. The molecule has 0 atom stereocenters. The highest BCUT2D eigenvalue weighted by molar-refractivity contribution is 5.84. The smallest absolute Gasteiger partial charge is 0.394 e. The molecule has 1 heterocycles. The number of ether oxygens (including phenoxy) is 1. The molecule has 0 aliphatic heterocycles. The van der Waals surface area contributed by atoms with Crippen molar-refractivity contribution in [2.24, 2.45) is 0 Å². The van der Waals surface area contributed by atoms with Crippen LogP contribution in [0.3, 0.4) is 0 Å². The van der Waals surface area contributed by atoms with Crippen LogP contribution in [-0.4, -0.2) is 17.6 Å². The van der Waals surface area contributed by atoms with E-state index >= 15 is 0 Å². The average Bonchev–Trinajstić information content (AvgIpc) is 2.63. The van der Waals surface area contributed by atoms with Gasteiger partial charge >= 0.3 is 11.9 Å². The minimum atomic E-state index is -0.491. The number of unbranched alkanes of at least 4 members (excludes halogenated alkanes) is 1. The van der Waals surface area contributed by atoms with Gasteiger partial charge in [-0.2, -0.15) is 0 Å². The Labute approximate surface area is 83.3 Å². The number of rotatable bonds is 5. The maximum absolute atomic E-state index is 11.2. The Hall–Kier alpha value is -1.32. The number of esters is 1. The van der Waals surface area contributed by atoms with Gasteiger partial charge in [0.2, 0.25) is 0 Å². The summed E-state index contributed by atoms with van der Waals surface area (Å²) >= 11 is 0. The van der Waals surface area contributed by atoms with E-state index in [1.165, 1.54) is 0 Å². The molecule has 4 nitrogen and oxygen atoms in total. The van der Waals surface area contributed by atoms with E-state index < -0.39 is 5.97 Å². The summed E-state index contributed by atoms with van der Waals surface area (Å²) in [6.07, 6.45) is 4.54. The molecule has 0 radical (unpaired) electrons. The van der Waals surface area contributed by atoms with Crippen LogP contribution in [0.25, 0.3) is 0 Å². The molecule has 14 heavy (non-hydrogen) atoms. The average molecular weight is 197 g/mol. The summed E-state index contributed by atoms with van der Waals surface area (Å²) < 4.78 is 9.96. The summed E-state index contributed by atoms with van der Waals surface area (Å²) in [7, 11) is 0. The molecule has 0 aromatic carbocycles. The number of oxazole rings is 1. The second kappa shape index (κ2) is 5.42. The van der Waals surface area contributed by atoms with Crippen molar-refractivity contribution in [2.75, 3.05) is 6.61 Å². The summed E-state index contributed by atoms with van der Waals surface area (Å²) in [6, 6.07) is 0. The summed E-state index contributed by atoms with van der Waals surface area (Å²) in [6.45, 7) is 4.19. The van der Waals surface area contributed by atoms with E-state index in [1.807, 2.05) is 0 Å². The zero-order valence-corrected chi connectivity index (χ0v) is 8.58. The lowest BCUT2D eigenvalue weighted by Crippen LogP contribution is -2.04. The van der Waals surface area contributed by atoms with Crippen molar-refractivity contribution in [3.05, 3.63) is 17.8 Å². The molecular weight excluding hydrogens is 182 g/mol. The van der Waals surface area contributed by atoms with E-state index in [-0.39, 0.29) is 5.89 Å². The van der Waals surface area contributed by atoms with Crippen molar-refractivity contribution in [3.63, 3.8) is 0 Å². The molecular formula is C10H15NO3. The predicted molar refractivity (Wildman–Crippen MR) is 51.1 cm³/mol. The molecule has 0 fully saturated rings. The molecule has 4 heteroatoms. The number of nitrogens with zero attached hydrogens (tertiary/aromatic N) is 1. The Balaban J connectivity index is 2.54. The minimum absolute atomic E-state index is 0.0537. The maximum atomic E-state index is 11.2. The standard InChI is InChI=1S/C10H15NO3/c1-3-5-6-8-7-11-9(14-8)10(12)13-4-2/h7H,3-6H2,1-2H3. The molecule has 0 N–H and O–H groups in total. The predicted octanol–water partition coefficient (Wildman–Crippen LogP) is 2.19. The van der Waals surface area contributed by atoms with Crippen molar-refractivity contribution < 1.29 is 13.9 Å². The molecule has 0 unspecified atom stereocenters. The van der Waals surface area contributed by atoms with Gasteiger partial charge in [0.05, 0.1) is 12.8 Å². The first kappa shape index (κ1) is 10.8. The normalized spacial score (nSPS) is 10.1. The van der Waals surface area contributed by atoms with Crippen molar-refractivity contribution >= 4 is 5.97 Å². The Morgan fingerprint density at radius 2 is 2.36 bits per heavy atom. The molecule has 0 amide bonds. The van der Waals surface area contributed by atoms with Crippen molar-refractivity contribution in [1.29, 1.82) is 0 Å². The van der Waals surface area contributed by atoms with Crippen LogP contribution >= 0.6 is 0 Å². The van der Waals surface area contributed by atoms with E-state index in [2.05, 4.69) is 11.9 Å². The Morgan fingerprint density at radius 1 is 1.57 bits per heavy atom. The van der Waals surface area contributed by atoms with Crippen molar-refractivity contribution in [2.45, 2.75) is 33.1 Å². The van der Waals surface area contributed by atoms with Gasteiger partial charge in [-0.1, -0.05) is 13.3 Å². The SMILES string of the molecule is CCCCc1cnc(C(=O)OCC)o1.